The van der Waals surface area contributed by atoms with E-state index in [1.807, 2.05) is 31.2 Å². The Morgan fingerprint density at radius 2 is 2.21 bits per heavy atom. The highest BCUT2D eigenvalue weighted by molar-refractivity contribution is 6.30. The van der Waals surface area contributed by atoms with Gasteiger partial charge in [0.2, 0.25) is 0 Å². The van der Waals surface area contributed by atoms with Gasteiger partial charge in [-0.2, -0.15) is 0 Å². The minimum Gasteiger partial charge on any atom is -0.396 e. The average molecular weight is 214 g/mol. The van der Waals surface area contributed by atoms with Crippen LogP contribution in [0.4, 0.5) is 0 Å². The normalized spacial score (nSPS) is 15.1. The third-order valence-corrected chi connectivity index (χ3v) is 2.82. The van der Waals surface area contributed by atoms with Crippen LogP contribution >= 0.6 is 11.6 Å². The van der Waals surface area contributed by atoms with Crippen LogP contribution in [0.5, 0.6) is 0 Å². The quantitative estimate of drug-likeness (QED) is 0.806. The Bertz CT molecular complexity index is 303. The van der Waals surface area contributed by atoms with Crippen LogP contribution in [0.2, 0.25) is 5.02 Å². The molecule has 1 atom stereocenters. The van der Waals surface area contributed by atoms with E-state index in [2.05, 4.69) is 0 Å². The van der Waals surface area contributed by atoms with E-state index in [0.717, 1.165) is 12.0 Å². The second-order valence-corrected chi connectivity index (χ2v) is 3.93. The molecule has 0 fully saturated rings. The van der Waals surface area contributed by atoms with E-state index in [1.54, 1.807) is 0 Å². The van der Waals surface area contributed by atoms with Crippen LogP contribution in [0.25, 0.3) is 0 Å². The molecule has 78 valence electrons. The first-order chi connectivity index (χ1) is 6.62. The molecular weight excluding hydrogens is 198 g/mol. The molecule has 1 aromatic carbocycles. The molecule has 0 heterocycles. The predicted molar refractivity (Wildman–Crippen MR) is 59.3 cm³/mol. The summed E-state index contributed by atoms with van der Waals surface area (Å²) in [6.07, 6.45) is 1.34. The fourth-order valence-electron chi connectivity index (χ4n) is 1.52. The van der Waals surface area contributed by atoms with Gasteiger partial charge in [-0.3, -0.25) is 0 Å². The first kappa shape index (κ1) is 11.5. The van der Waals surface area contributed by atoms with Gasteiger partial charge in [0, 0.05) is 17.2 Å². The van der Waals surface area contributed by atoms with Gasteiger partial charge in [0.05, 0.1) is 0 Å². The summed E-state index contributed by atoms with van der Waals surface area (Å²) >= 11 is 5.89. The summed E-state index contributed by atoms with van der Waals surface area (Å²) in [5, 5.41) is 9.63. The van der Waals surface area contributed by atoms with Crippen molar-refractivity contribution in [1.29, 1.82) is 0 Å². The summed E-state index contributed by atoms with van der Waals surface area (Å²) in [7, 11) is 0. The minimum absolute atomic E-state index is 0.0941. The lowest BCUT2D eigenvalue weighted by atomic mass is 9.85. The van der Waals surface area contributed by atoms with Crippen molar-refractivity contribution in [2.45, 2.75) is 25.3 Å². The Morgan fingerprint density at radius 3 is 2.71 bits per heavy atom. The molecule has 3 N–H and O–H groups in total. The fraction of sp³-hybridized carbons (Fsp3) is 0.455. The smallest absolute Gasteiger partial charge is 0.0451 e. The molecule has 0 aliphatic heterocycles. The molecule has 2 nitrogen and oxygen atoms in total. The van der Waals surface area contributed by atoms with Crippen molar-refractivity contribution < 1.29 is 5.11 Å². The molecular formula is C11H16ClNO. The molecule has 1 unspecified atom stereocenters. The zero-order valence-electron chi connectivity index (χ0n) is 8.33. The summed E-state index contributed by atoms with van der Waals surface area (Å²) in [5.41, 5.74) is 6.71. The van der Waals surface area contributed by atoms with Crippen LogP contribution < -0.4 is 5.73 Å². The number of hydrogen-bond donors (Lipinski definition) is 2. The van der Waals surface area contributed by atoms with Gasteiger partial charge in [-0.05, 0) is 30.5 Å². The van der Waals surface area contributed by atoms with Gasteiger partial charge in [-0.1, -0.05) is 30.7 Å². The summed E-state index contributed by atoms with van der Waals surface area (Å²) in [4.78, 5) is 0. The van der Waals surface area contributed by atoms with Crippen molar-refractivity contribution in [2.75, 3.05) is 6.61 Å². The Hall–Kier alpha value is -0.570. The van der Waals surface area contributed by atoms with Crippen molar-refractivity contribution in [3.05, 3.63) is 34.9 Å². The number of halogens is 1. The van der Waals surface area contributed by atoms with Gasteiger partial charge < -0.3 is 10.8 Å². The molecule has 0 bridgehead atoms. The van der Waals surface area contributed by atoms with E-state index in [9.17, 15) is 0 Å². The minimum atomic E-state index is -0.459. The zero-order valence-corrected chi connectivity index (χ0v) is 9.09. The molecule has 0 spiro atoms. The van der Waals surface area contributed by atoms with Crippen LogP contribution in [0.15, 0.2) is 24.3 Å². The van der Waals surface area contributed by atoms with Crippen molar-refractivity contribution >= 4 is 11.6 Å². The molecule has 0 amide bonds. The number of nitrogens with two attached hydrogens (primary N) is 1. The largest absolute Gasteiger partial charge is 0.396 e. The lowest BCUT2D eigenvalue weighted by Crippen LogP contribution is -2.36. The van der Waals surface area contributed by atoms with Gasteiger partial charge in [0.25, 0.3) is 0 Å². The maximum Gasteiger partial charge on any atom is 0.0451 e. The van der Waals surface area contributed by atoms with Crippen molar-refractivity contribution in [2.24, 2.45) is 5.73 Å². The Balaban J connectivity index is 2.99. The van der Waals surface area contributed by atoms with Gasteiger partial charge >= 0.3 is 0 Å². The summed E-state index contributed by atoms with van der Waals surface area (Å²) in [5.74, 6) is 0. The zero-order chi connectivity index (χ0) is 10.6. The van der Waals surface area contributed by atoms with Crippen molar-refractivity contribution in [3.63, 3.8) is 0 Å². The molecule has 0 saturated carbocycles. The lowest BCUT2D eigenvalue weighted by molar-refractivity contribution is 0.235. The Kier molecular flexibility index (Phi) is 3.93. The standard InChI is InChI=1S/C11H16ClNO/c1-2-11(13,6-7-14)9-4-3-5-10(12)8-9/h3-5,8,14H,2,6-7,13H2,1H3. The summed E-state index contributed by atoms with van der Waals surface area (Å²) < 4.78 is 0. The van der Waals surface area contributed by atoms with E-state index in [0.29, 0.717) is 11.4 Å². The van der Waals surface area contributed by atoms with Crippen LogP contribution in [-0.4, -0.2) is 11.7 Å². The van der Waals surface area contributed by atoms with Gasteiger partial charge in [0.1, 0.15) is 0 Å². The van der Waals surface area contributed by atoms with Crippen LogP contribution in [0, 0.1) is 0 Å². The first-order valence-electron chi connectivity index (χ1n) is 4.78. The molecule has 0 radical (unpaired) electrons. The van der Waals surface area contributed by atoms with Crippen molar-refractivity contribution in [3.8, 4) is 0 Å². The van der Waals surface area contributed by atoms with E-state index in [4.69, 9.17) is 22.4 Å². The lowest BCUT2D eigenvalue weighted by Gasteiger charge is -2.28. The second kappa shape index (κ2) is 4.78. The monoisotopic (exact) mass is 213 g/mol. The van der Waals surface area contributed by atoms with E-state index in [-0.39, 0.29) is 6.61 Å². The third kappa shape index (κ3) is 2.47. The molecule has 0 aromatic heterocycles. The van der Waals surface area contributed by atoms with Crippen LogP contribution in [-0.2, 0) is 5.54 Å². The molecule has 1 rings (SSSR count). The van der Waals surface area contributed by atoms with Gasteiger partial charge in [-0.15, -0.1) is 0 Å². The van der Waals surface area contributed by atoms with Gasteiger partial charge in [-0.25, -0.2) is 0 Å². The number of aliphatic hydroxyl groups excluding tert-OH is 1. The van der Waals surface area contributed by atoms with E-state index >= 15 is 0 Å². The molecule has 1 aromatic rings. The van der Waals surface area contributed by atoms with Crippen molar-refractivity contribution in [1.82, 2.24) is 0 Å². The predicted octanol–water partition coefficient (Wildman–Crippen LogP) is 2.29. The highest BCUT2D eigenvalue weighted by Gasteiger charge is 2.24. The molecule has 0 saturated heterocycles. The highest BCUT2D eigenvalue weighted by atomic mass is 35.5. The average Bonchev–Trinajstić information content (AvgIpc) is 2.18. The van der Waals surface area contributed by atoms with Crippen LogP contribution in [0.1, 0.15) is 25.3 Å². The fourth-order valence-corrected chi connectivity index (χ4v) is 1.71. The van der Waals surface area contributed by atoms with Crippen LogP contribution in [0.3, 0.4) is 0 Å². The first-order valence-corrected chi connectivity index (χ1v) is 5.16. The van der Waals surface area contributed by atoms with E-state index < -0.39 is 5.54 Å². The maximum absolute atomic E-state index is 8.95. The topological polar surface area (TPSA) is 46.2 Å². The SMILES string of the molecule is CCC(N)(CCO)c1cccc(Cl)c1. The second-order valence-electron chi connectivity index (χ2n) is 3.49. The van der Waals surface area contributed by atoms with E-state index in [1.165, 1.54) is 0 Å². The summed E-state index contributed by atoms with van der Waals surface area (Å²) in [6, 6.07) is 7.51. The van der Waals surface area contributed by atoms with Gasteiger partial charge in [0.15, 0.2) is 0 Å². The molecule has 0 aliphatic rings. The molecule has 14 heavy (non-hydrogen) atoms. The third-order valence-electron chi connectivity index (χ3n) is 2.59. The Morgan fingerprint density at radius 1 is 1.50 bits per heavy atom. The number of benzene rings is 1. The summed E-state index contributed by atoms with van der Waals surface area (Å²) in [6.45, 7) is 2.10. The number of hydrogen-bond acceptors (Lipinski definition) is 2. The highest BCUT2D eigenvalue weighted by Crippen LogP contribution is 2.27. The molecule has 3 heteroatoms. The maximum atomic E-state index is 8.95. The number of aliphatic hydroxyl groups is 1. The Labute approximate surface area is 89.7 Å². The number of rotatable bonds is 4. The molecule has 0 aliphatic carbocycles.